The average Bonchev–Trinajstić information content (AvgIpc) is 2.51. The second-order valence-electron chi connectivity index (χ2n) is 6.19. The van der Waals surface area contributed by atoms with Crippen LogP contribution in [0, 0.1) is 5.92 Å². The highest BCUT2D eigenvalue weighted by Gasteiger charge is 2.14. The Hall–Kier alpha value is -2.36. The van der Waals surface area contributed by atoms with Crippen LogP contribution in [0.3, 0.4) is 0 Å². The van der Waals surface area contributed by atoms with E-state index in [0.29, 0.717) is 11.7 Å². The van der Waals surface area contributed by atoms with Gasteiger partial charge in [-0.15, -0.1) is 0 Å². The number of ether oxygens (including phenoxy) is 1. The van der Waals surface area contributed by atoms with Crippen LogP contribution in [0.5, 0.6) is 5.75 Å². The molecule has 0 radical (unpaired) electrons. The van der Waals surface area contributed by atoms with Gasteiger partial charge in [0.2, 0.25) is 0 Å². The van der Waals surface area contributed by atoms with Gasteiger partial charge in [-0.1, -0.05) is 44.2 Å². The number of hydrogen-bond acceptors (Lipinski definition) is 3. The Morgan fingerprint density at radius 3 is 2.52 bits per heavy atom. The van der Waals surface area contributed by atoms with Crippen LogP contribution in [-0.2, 0) is 4.79 Å². The van der Waals surface area contributed by atoms with Gasteiger partial charge in [0.1, 0.15) is 5.75 Å². The summed E-state index contributed by atoms with van der Waals surface area (Å²) in [6, 6.07) is 13.8. The van der Waals surface area contributed by atoms with E-state index in [9.17, 15) is 4.79 Å². The van der Waals surface area contributed by atoms with E-state index in [-0.39, 0.29) is 5.91 Å². The van der Waals surface area contributed by atoms with E-state index in [2.05, 4.69) is 24.4 Å². The van der Waals surface area contributed by atoms with Crippen LogP contribution in [0.25, 0.3) is 10.8 Å². The summed E-state index contributed by atoms with van der Waals surface area (Å²) in [6.07, 6.45) is 0.256. The van der Waals surface area contributed by atoms with Crippen molar-refractivity contribution in [3.63, 3.8) is 0 Å². The summed E-state index contributed by atoms with van der Waals surface area (Å²) in [6.45, 7) is 7.87. The van der Waals surface area contributed by atoms with Crippen LogP contribution >= 0.6 is 0 Å². The third-order valence-corrected chi connectivity index (χ3v) is 3.46. The molecule has 122 valence electrons. The zero-order valence-corrected chi connectivity index (χ0v) is 14.2. The highest BCUT2D eigenvalue weighted by atomic mass is 16.5. The molecule has 0 saturated heterocycles. The van der Waals surface area contributed by atoms with Crippen molar-refractivity contribution in [2.45, 2.75) is 40.2 Å². The lowest BCUT2D eigenvalue weighted by Gasteiger charge is -2.14. The smallest absolute Gasteiger partial charge is 0.280 e. The Balaban J connectivity index is 1.96. The van der Waals surface area contributed by atoms with E-state index >= 15 is 0 Å². The van der Waals surface area contributed by atoms with Gasteiger partial charge in [0.05, 0.1) is 0 Å². The maximum absolute atomic E-state index is 12.1. The average molecular weight is 312 g/mol. The van der Waals surface area contributed by atoms with Gasteiger partial charge in [-0.3, -0.25) is 4.79 Å². The van der Waals surface area contributed by atoms with Crippen LogP contribution < -0.4 is 10.2 Å². The summed E-state index contributed by atoms with van der Waals surface area (Å²) in [5.41, 5.74) is 3.48. The first-order chi connectivity index (χ1) is 11.0. The van der Waals surface area contributed by atoms with E-state index in [1.54, 1.807) is 6.92 Å². The SMILES string of the molecule is CC(CC(C)C)=NNC(=O)C(C)Oc1ccc2ccccc2c1. The monoisotopic (exact) mass is 312 g/mol. The molecule has 1 atom stereocenters. The zero-order chi connectivity index (χ0) is 16.8. The molecule has 0 fully saturated rings. The second-order valence-corrected chi connectivity index (χ2v) is 6.19. The maximum atomic E-state index is 12.1. The third kappa shape index (κ3) is 5.09. The molecule has 2 aromatic rings. The van der Waals surface area contributed by atoms with Crippen molar-refractivity contribution in [1.29, 1.82) is 0 Å². The maximum Gasteiger partial charge on any atom is 0.280 e. The topological polar surface area (TPSA) is 50.7 Å². The molecule has 0 aromatic heterocycles. The van der Waals surface area contributed by atoms with Crippen LogP contribution in [-0.4, -0.2) is 17.7 Å². The van der Waals surface area contributed by atoms with Crippen molar-refractivity contribution in [2.24, 2.45) is 11.0 Å². The molecule has 0 bridgehead atoms. The van der Waals surface area contributed by atoms with Gasteiger partial charge in [-0.2, -0.15) is 5.10 Å². The quantitative estimate of drug-likeness (QED) is 0.643. The first-order valence-corrected chi connectivity index (χ1v) is 7.94. The van der Waals surface area contributed by atoms with Crippen molar-refractivity contribution < 1.29 is 9.53 Å². The molecule has 2 aromatic carbocycles. The molecule has 2 rings (SSSR count). The Bertz CT molecular complexity index is 707. The van der Waals surface area contributed by atoms with Crippen molar-refractivity contribution in [2.75, 3.05) is 0 Å². The van der Waals surface area contributed by atoms with Crippen LogP contribution in [0.15, 0.2) is 47.6 Å². The lowest BCUT2D eigenvalue weighted by atomic mass is 10.1. The van der Waals surface area contributed by atoms with Gasteiger partial charge >= 0.3 is 0 Å². The Labute approximate surface area is 137 Å². The van der Waals surface area contributed by atoms with E-state index in [1.165, 1.54) is 0 Å². The molecule has 1 N–H and O–H groups in total. The van der Waals surface area contributed by atoms with Gasteiger partial charge < -0.3 is 4.74 Å². The second kappa shape index (κ2) is 7.77. The number of hydrazone groups is 1. The van der Waals surface area contributed by atoms with E-state index < -0.39 is 6.10 Å². The first kappa shape index (κ1) is 17.0. The van der Waals surface area contributed by atoms with Gasteiger partial charge in [-0.25, -0.2) is 5.43 Å². The lowest BCUT2D eigenvalue weighted by molar-refractivity contribution is -0.127. The van der Waals surface area contributed by atoms with Crippen molar-refractivity contribution in [3.05, 3.63) is 42.5 Å². The highest BCUT2D eigenvalue weighted by molar-refractivity contribution is 5.86. The van der Waals surface area contributed by atoms with E-state index in [1.807, 2.05) is 49.4 Å². The van der Waals surface area contributed by atoms with E-state index in [0.717, 1.165) is 22.9 Å². The number of carbonyl (C=O) groups is 1. The number of benzene rings is 2. The summed E-state index contributed by atoms with van der Waals surface area (Å²) >= 11 is 0. The minimum absolute atomic E-state index is 0.249. The van der Waals surface area contributed by atoms with Crippen LogP contribution in [0.4, 0.5) is 0 Å². The van der Waals surface area contributed by atoms with Gasteiger partial charge in [0.15, 0.2) is 6.10 Å². The molecule has 1 amide bonds. The number of nitrogens with one attached hydrogen (secondary N) is 1. The summed E-state index contributed by atoms with van der Waals surface area (Å²) in [7, 11) is 0. The largest absolute Gasteiger partial charge is 0.481 e. The number of amides is 1. The predicted octanol–water partition coefficient (Wildman–Crippen LogP) is 4.15. The Morgan fingerprint density at radius 2 is 1.83 bits per heavy atom. The molecule has 4 nitrogen and oxygen atoms in total. The third-order valence-electron chi connectivity index (χ3n) is 3.46. The van der Waals surface area contributed by atoms with Crippen molar-refractivity contribution in [1.82, 2.24) is 5.43 Å². The normalized spacial score (nSPS) is 13.2. The van der Waals surface area contributed by atoms with E-state index in [4.69, 9.17) is 4.74 Å². The van der Waals surface area contributed by atoms with Crippen LogP contribution in [0.2, 0.25) is 0 Å². The fraction of sp³-hybridized carbons (Fsp3) is 0.368. The number of hydrogen-bond donors (Lipinski definition) is 1. The number of carbonyl (C=O) groups excluding carboxylic acids is 1. The molecule has 23 heavy (non-hydrogen) atoms. The van der Waals surface area contributed by atoms with Crippen molar-refractivity contribution in [3.8, 4) is 5.75 Å². The minimum atomic E-state index is -0.605. The summed E-state index contributed by atoms with van der Waals surface area (Å²) in [5.74, 6) is 0.942. The Morgan fingerprint density at radius 1 is 1.13 bits per heavy atom. The first-order valence-electron chi connectivity index (χ1n) is 7.94. The molecular weight excluding hydrogens is 288 g/mol. The number of rotatable bonds is 6. The standard InChI is InChI=1S/C19H24N2O2/c1-13(2)11-14(3)20-21-19(22)15(4)23-18-10-9-16-7-5-6-8-17(16)12-18/h5-10,12-13,15H,11H2,1-4H3,(H,21,22). The molecule has 0 aliphatic heterocycles. The molecular formula is C19H24N2O2. The summed E-state index contributed by atoms with van der Waals surface area (Å²) < 4.78 is 5.72. The highest BCUT2D eigenvalue weighted by Crippen LogP contribution is 2.21. The summed E-state index contributed by atoms with van der Waals surface area (Å²) in [5, 5.41) is 6.34. The zero-order valence-electron chi connectivity index (χ0n) is 14.2. The van der Waals surface area contributed by atoms with Crippen LogP contribution in [0.1, 0.15) is 34.1 Å². The molecule has 0 aliphatic rings. The molecule has 0 spiro atoms. The fourth-order valence-corrected chi connectivity index (χ4v) is 2.38. The van der Waals surface area contributed by atoms with Gasteiger partial charge in [0, 0.05) is 5.71 Å². The fourth-order valence-electron chi connectivity index (χ4n) is 2.38. The van der Waals surface area contributed by atoms with Gasteiger partial charge in [-0.05, 0) is 49.1 Å². The van der Waals surface area contributed by atoms with Crippen molar-refractivity contribution >= 4 is 22.4 Å². The minimum Gasteiger partial charge on any atom is -0.481 e. The predicted molar refractivity (Wildman–Crippen MR) is 94.7 cm³/mol. The Kier molecular flexibility index (Phi) is 5.74. The number of nitrogens with zero attached hydrogens (tertiary/aromatic N) is 1. The molecule has 4 heteroatoms. The lowest BCUT2D eigenvalue weighted by Crippen LogP contribution is -2.33. The summed E-state index contributed by atoms with van der Waals surface area (Å²) in [4.78, 5) is 12.1. The molecule has 0 heterocycles. The van der Waals surface area contributed by atoms with Gasteiger partial charge in [0.25, 0.3) is 5.91 Å². The number of fused-ring (bicyclic) bond motifs is 1. The molecule has 1 unspecified atom stereocenters. The molecule has 0 saturated carbocycles. The molecule has 0 aliphatic carbocycles.